The van der Waals surface area contributed by atoms with Crippen molar-refractivity contribution >= 4 is 11.6 Å². The first-order valence-electron chi connectivity index (χ1n) is 10.0. The molecule has 0 unspecified atom stereocenters. The summed E-state index contributed by atoms with van der Waals surface area (Å²) in [5.74, 6) is 1.52. The largest absolute Gasteiger partial charge is 0.361 e. The Morgan fingerprint density at radius 2 is 2.19 bits per heavy atom. The number of hydrogen-bond acceptors (Lipinski definition) is 5. The summed E-state index contributed by atoms with van der Waals surface area (Å²) in [7, 11) is 1.88. The molecule has 0 saturated carbocycles. The third-order valence-electron chi connectivity index (χ3n) is 5.23. The van der Waals surface area contributed by atoms with Crippen molar-refractivity contribution in [2.75, 3.05) is 19.6 Å². The zero-order valence-corrected chi connectivity index (χ0v) is 17.7. The van der Waals surface area contributed by atoms with E-state index in [9.17, 15) is 0 Å². The monoisotopic (exact) mass is 393 g/mol. The zero-order chi connectivity index (χ0) is 19.4. The van der Waals surface area contributed by atoms with E-state index in [4.69, 9.17) is 16.1 Å². The number of hydrogen-bond donors (Lipinski definition) is 1. The number of rotatable bonds is 7. The maximum absolute atomic E-state index is 6.59. The molecule has 1 saturated heterocycles. The lowest BCUT2D eigenvalue weighted by Crippen LogP contribution is -2.40. The van der Waals surface area contributed by atoms with Crippen molar-refractivity contribution < 1.29 is 4.52 Å². The third-order valence-corrected chi connectivity index (χ3v) is 5.70. The summed E-state index contributed by atoms with van der Waals surface area (Å²) in [5.41, 5.74) is 2.62. The summed E-state index contributed by atoms with van der Waals surface area (Å²) in [6, 6.07) is 2.46. The highest BCUT2D eigenvalue weighted by molar-refractivity contribution is 6.30. The molecule has 6 nitrogen and oxygen atoms in total. The summed E-state index contributed by atoms with van der Waals surface area (Å²) >= 11 is 6.59. The number of likely N-dealkylation sites (tertiary alicyclic amines) is 1. The summed E-state index contributed by atoms with van der Waals surface area (Å²) in [6.07, 6.45) is 4.95. The minimum atomic E-state index is 0.541. The molecule has 3 heterocycles. The van der Waals surface area contributed by atoms with Crippen LogP contribution in [0.2, 0.25) is 5.15 Å². The van der Waals surface area contributed by atoms with Crippen molar-refractivity contribution in [1.82, 2.24) is 25.2 Å². The van der Waals surface area contributed by atoms with Gasteiger partial charge in [-0.1, -0.05) is 37.0 Å². The van der Waals surface area contributed by atoms with Gasteiger partial charge in [-0.15, -0.1) is 0 Å². The van der Waals surface area contributed by atoms with E-state index in [1.165, 1.54) is 25.7 Å². The molecular weight excluding hydrogens is 362 g/mol. The second kappa shape index (κ2) is 9.22. The average Bonchev–Trinajstić information content (AvgIpc) is 3.06. The van der Waals surface area contributed by atoms with Crippen LogP contribution >= 0.6 is 11.6 Å². The highest BCUT2D eigenvalue weighted by Crippen LogP contribution is 2.30. The molecule has 3 rings (SSSR count). The lowest BCUT2D eigenvalue weighted by molar-refractivity contribution is 0.250. The van der Waals surface area contributed by atoms with Crippen LogP contribution in [0.25, 0.3) is 11.4 Å². The van der Waals surface area contributed by atoms with E-state index in [0.29, 0.717) is 11.2 Å². The van der Waals surface area contributed by atoms with Gasteiger partial charge in [-0.05, 0) is 45.2 Å². The van der Waals surface area contributed by atoms with Gasteiger partial charge in [-0.3, -0.25) is 9.58 Å². The van der Waals surface area contributed by atoms with Crippen LogP contribution in [-0.2, 0) is 13.6 Å². The topological polar surface area (TPSA) is 59.1 Å². The Balaban J connectivity index is 1.72. The van der Waals surface area contributed by atoms with E-state index in [2.05, 4.69) is 34.3 Å². The Kier molecular flexibility index (Phi) is 6.95. The number of nitrogens with one attached hydrogen (secondary N) is 1. The number of nitrogens with zero attached hydrogens (tertiary/aromatic N) is 4. The molecule has 1 aliphatic rings. The molecule has 1 N–H and O–H groups in total. The first-order chi connectivity index (χ1) is 12.9. The van der Waals surface area contributed by atoms with E-state index in [0.717, 1.165) is 54.8 Å². The molecule has 1 fully saturated rings. The first kappa shape index (κ1) is 20.4. The van der Waals surface area contributed by atoms with E-state index in [1.807, 2.05) is 20.0 Å². The SMILES string of the molecule is Cc1cc(-c2nn(C)c(Cl)c2CN2CCCC[C@H](NCCC(C)C)C2)no1. The fourth-order valence-electron chi connectivity index (χ4n) is 3.70. The number of aromatic nitrogens is 3. The molecule has 2 aromatic rings. The van der Waals surface area contributed by atoms with Crippen molar-refractivity contribution in [1.29, 1.82) is 0 Å². The minimum Gasteiger partial charge on any atom is -0.361 e. The predicted octanol–water partition coefficient (Wildman–Crippen LogP) is 4.03. The standard InChI is InChI=1S/C20H32ClN5O/c1-14(2)8-9-22-16-7-5-6-10-26(12-16)13-17-19(23-25(4)20(17)21)18-11-15(3)27-24-18/h11,14,16,22H,5-10,12-13H2,1-4H3/t16-/m0/s1. The Labute approximate surface area is 167 Å². The summed E-state index contributed by atoms with van der Waals surface area (Å²) in [5, 5.41) is 13.2. The normalized spacial score (nSPS) is 19.0. The van der Waals surface area contributed by atoms with Gasteiger partial charge in [-0.25, -0.2) is 0 Å². The van der Waals surface area contributed by atoms with Gasteiger partial charge < -0.3 is 9.84 Å². The predicted molar refractivity (Wildman–Crippen MR) is 109 cm³/mol. The average molecular weight is 394 g/mol. The number of aryl methyl sites for hydroxylation is 2. The van der Waals surface area contributed by atoms with Crippen molar-refractivity contribution in [2.45, 2.75) is 59.0 Å². The maximum Gasteiger partial charge on any atom is 0.134 e. The molecule has 0 aromatic carbocycles. The van der Waals surface area contributed by atoms with Gasteiger partial charge in [0.05, 0.1) is 0 Å². The van der Waals surface area contributed by atoms with Crippen molar-refractivity contribution in [3.63, 3.8) is 0 Å². The molecule has 27 heavy (non-hydrogen) atoms. The molecule has 1 aliphatic heterocycles. The second-order valence-electron chi connectivity index (χ2n) is 8.13. The van der Waals surface area contributed by atoms with Crippen molar-refractivity contribution in [2.24, 2.45) is 13.0 Å². The lowest BCUT2D eigenvalue weighted by atomic mass is 10.1. The highest BCUT2D eigenvalue weighted by atomic mass is 35.5. The van der Waals surface area contributed by atoms with Crippen LogP contribution in [0.15, 0.2) is 10.6 Å². The molecule has 0 aliphatic carbocycles. The maximum atomic E-state index is 6.59. The van der Waals surface area contributed by atoms with Crippen molar-refractivity contribution in [3.05, 3.63) is 22.5 Å². The minimum absolute atomic E-state index is 0.541. The van der Waals surface area contributed by atoms with Gasteiger partial charge in [0, 0.05) is 37.8 Å². The van der Waals surface area contributed by atoms with Crippen LogP contribution in [0.3, 0.4) is 0 Å². The Morgan fingerprint density at radius 1 is 1.37 bits per heavy atom. The summed E-state index contributed by atoms with van der Waals surface area (Å²) in [6.45, 7) is 10.5. The van der Waals surface area contributed by atoms with Crippen LogP contribution in [0.5, 0.6) is 0 Å². The zero-order valence-electron chi connectivity index (χ0n) is 17.0. The second-order valence-corrected chi connectivity index (χ2v) is 8.49. The van der Waals surface area contributed by atoms with Gasteiger partial charge in [0.25, 0.3) is 0 Å². The molecule has 0 radical (unpaired) electrons. The molecule has 0 spiro atoms. The Bertz CT molecular complexity index is 739. The highest BCUT2D eigenvalue weighted by Gasteiger charge is 2.24. The smallest absolute Gasteiger partial charge is 0.134 e. The quantitative estimate of drug-likeness (QED) is 0.769. The first-order valence-corrected chi connectivity index (χ1v) is 10.4. The molecule has 1 atom stereocenters. The lowest BCUT2D eigenvalue weighted by Gasteiger charge is -2.25. The van der Waals surface area contributed by atoms with E-state index >= 15 is 0 Å². The fourth-order valence-corrected chi connectivity index (χ4v) is 3.89. The van der Waals surface area contributed by atoms with Gasteiger partial charge in [-0.2, -0.15) is 5.10 Å². The molecule has 7 heteroatoms. The third kappa shape index (κ3) is 5.33. The van der Waals surface area contributed by atoms with Gasteiger partial charge >= 0.3 is 0 Å². The van der Waals surface area contributed by atoms with E-state index < -0.39 is 0 Å². The number of halogens is 1. The van der Waals surface area contributed by atoms with Crippen LogP contribution in [-0.4, -0.2) is 45.5 Å². The molecular formula is C20H32ClN5O. The van der Waals surface area contributed by atoms with Crippen LogP contribution < -0.4 is 5.32 Å². The Hall–Kier alpha value is -1.37. The molecule has 150 valence electrons. The van der Waals surface area contributed by atoms with Crippen LogP contribution in [0.4, 0.5) is 0 Å². The molecule has 2 aromatic heterocycles. The summed E-state index contributed by atoms with van der Waals surface area (Å²) < 4.78 is 6.98. The summed E-state index contributed by atoms with van der Waals surface area (Å²) in [4.78, 5) is 2.50. The van der Waals surface area contributed by atoms with E-state index in [1.54, 1.807) is 4.68 Å². The molecule has 0 amide bonds. The van der Waals surface area contributed by atoms with E-state index in [-0.39, 0.29) is 0 Å². The van der Waals surface area contributed by atoms with Gasteiger partial charge in [0.2, 0.25) is 0 Å². The van der Waals surface area contributed by atoms with Crippen molar-refractivity contribution in [3.8, 4) is 11.4 Å². The van der Waals surface area contributed by atoms with Gasteiger partial charge in [0.1, 0.15) is 22.3 Å². The Morgan fingerprint density at radius 3 is 2.89 bits per heavy atom. The van der Waals surface area contributed by atoms with Crippen LogP contribution in [0, 0.1) is 12.8 Å². The van der Waals surface area contributed by atoms with Crippen LogP contribution in [0.1, 0.15) is 50.9 Å². The van der Waals surface area contributed by atoms with Gasteiger partial charge in [0.15, 0.2) is 0 Å². The fraction of sp³-hybridized carbons (Fsp3) is 0.700. The molecule has 0 bridgehead atoms.